The summed E-state index contributed by atoms with van der Waals surface area (Å²) in [5.74, 6) is 2.11. The molecular weight excluding hydrogens is 426 g/mol. The van der Waals surface area contributed by atoms with Crippen molar-refractivity contribution >= 4 is 22.4 Å². The molecule has 7 nitrogen and oxygen atoms in total. The fourth-order valence-corrected chi connectivity index (χ4v) is 4.89. The number of anilines is 1. The van der Waals surface area contributed by atoms with Crippen LogP contribution >= 0.6 is 0 Å². The summed E-state index contributed by atoms with van der Waals surface area (Å²) >= 11 is 0. The highest BCUT2D eigenvalue weighted by atomic mass is 16.5. The molecule has 1 unspecified atom stereocenters. The molecule has 1 saturated heterocycles. The molecule has 7 heteroatoms. The van der Waals surface area contributed by atoms with Crippen LogP contribution in [0.25, 0.3) is 10.8 Å². The van der Waals surface area contributed by atoms with Gasteiger partial charge in [0.25, 0.3) is 0 Å². The Morgan fingerprint density at radius 2 is 2.09 bits per heavy atom. The molecule has 4 aromatic rings. The van der Waals surface area contributed by atoms with E-state index in [1.54, 1.807) is 6.07 Å². The number of imidazole rings is 1. The first kappa shape index (κ1) is 20.5. The third kappa shape index (κ3) is 3.40. The second-order valence-electron chi connectivity index (χ2n) is 8.80. The van der Waals surface area contributed by atoms with Crippen LogP contribution in [0.4, 0.5) is 5.69 Å². The lowest BCUT2D eigenvalue weighted by molar-refractivity contribution is -0.118. The monoisotopic (exact) mass is 449 g/mol. The number of carbonyl (C=O) groups excluding carboxylic acids is 1. The Bertz CT molecular complexity index is 1480. The molecule has 1 fully saturated rings. The van der Waals surface area contributed by atoms with E-state index in [0.717, 1.165) is 40.0 Å². The van der Waals surface area contributed by atoms with Crippen LogP contribution in [-0.4, -0.2) is 28.0 Å². The fourth-order valence-electron chi connectivity index (χ4n) is 4.89. The molecule has 0 aliphatic carbocycles. The zero-order chi connectivity index (χ0) is 23.2. The number of aromatic nitrogens is 2. The maximum Gasteiger partial charge on any atom is 0.244 e. The van der Waals surface area contributed by atoms with Crippen LogP contribution in [0, 0.1) is 18.3 Å². The quantitative estimate of drug-likeness (QED) is 0.434. The number of benzene rings is 3. The van der Waals surface area contributed by atoms with E-state index in [2.05, 4.69) is 20.9 Å². The van der Waals surface area contributed by atoms with Crippen molar-refractivity contribution in [1.82, 2.24) is 14.9 Å². The summed E-state index contributed by atoms with van der Waals surface area (Å²) in [6, 6.07) is 19.5. The minimum atomic E-state index is -0.243. The van der Waals surface area contributed by atoms with Gasteiger partial charge in [-0.1, -0.05) is 24.3 Å². The number of hydrogen-bond donors (Lipinski definition) is 1. The fraction of sp³-hybridized carbons (Fsp3) is 0.222. The molecule has 1 aromatic heterocycles. The molecule has 0 spiro atoms. The van der Waals surface area contributed by atoms with Gasteiger partial charge in [-0.25, -0.2) is 4.98 Å². The molecule has 34 heavy (non-hydrogen) atoms. The maximum atomic E-state index is 13.3. The number of aryl methyl sites for hydroxylation is 1. The van der Waals surface area contributed by atoms with Crippen LogP contribution in [0.3, 0.4) is 0 Å². The van der Waals surface area contributed by atoms with Crippen molar-refractivity contribution in [2.24, 2.45) is 0 Å². The number of nitrogens with zero attached hydrogens (tertiary/aromatic N) is 4. The number of amides is 1. The summed E-state index contributed by atoms with van der Waals surface area (Å²) < 4.78 is 8.37. The Hall–Kier alpha value is -4.15. The highest BCUT2D eigenvalue weighted by Gasteiger charge is 2.33. The van der Waals surface area contributed by atoms with Gasteiger partial charge in [0.2, 0.25) is 5.91 Å². The second-order valence-corrected chi connectivity index (χ2v) is 8.80. The van der Waals surface area contributed by atoms with Gasteiger partial charge < -0.3 is 19.5 Å². The van der Waals surface area contributed by atoms with Gasteiger partial charge in [0.05, 0.1) is 23.0 Å². The molecule has 2 aliphatic rings. The predicted molar refractivity (Wildman–Crippen MR) is 129 cm³/mol. The van der Waals surface area contributed by atoms with Gasteiger partial charge in [0.1, 0.15) is 23.4 Å². The average Bonchev–Trinajstić information content (AvgIpc) is 3.39. The van der Waals surface area contributed by atoms with E-state index >= 15 is 0 Å². The Kier molecular flexibility index (Phi) is 4.82. The van der Waals surface area contributed by atoms with Crippen molar-refractivity contribution in [3.8, 4) is 17.6 Å². The zero-order valence-electron chi connectivity index (χ0n) is 18.8. The second kappa shape index (κ2) is 8.01. The van der Waals surface area contributed by atoms with E-state index in [-0.39, 0.29) is 11.9 Å². The highest BCUT2D eigenvalue weighted by Crippen LogP contribution is 2.35. The van der Waals surface area contributed by atoms with Crippen LogP contribution < -0.4 is 15.0 Å². The number of hydrogen-bond acceptors (Lipinski definition) is 5. The molecule has 1 N–H and O–H groups in total. The molecule has 0 saturated carbocycles. The van der Waals surface area contributed by atoms with Gasteiger partial charge in [-0.15, -0.1) is 0 Å². The highest BCUT2D eigenvalue weighted by molar-refractivity contribution is 6.07. The molecular formula is C27H23N5O2. The van der Waals surface area contributed by atoms with Gasteiger partial charge in [0.15, 0.2) is 0 Å². The topological polar surface area (TPSA) is 83.2 Å². The van der Waals surface area contributed by atoms with Crippen LogP contribution in [0.5, 0.6) is 11.5 Å². The Balaban J connectivity index is 1.52. The van der Waals surface area contributed by atoms with Gasteiger partial charge in [-0.3, -0.25) is 4.79 Å². The van der Waals surface area contributed by atoms with Gasteiger partial charge in [-0.05, 0) is 54.6 Å². The predicted octanol–water partition coefficient (Wildman–Crippen LogP) is 4.27. The average molecular weight is 450 g/mol. The first-order valence-corrected chi connectivity index (χ1v) is 11.4. The normalized spacial score (nSPS) is 17.5. The number of nitrogens with one attached hydrogen (secondary N) is 1. The first-order valence-electron chi connectivity index (χ1n) is 11.4. The van der Waals surface area contributed by atoms with E-state index < -0.39 is 0 Å². The zero-order valence-corrected chi connectivity index (χ0v) is 18.8. The largest absolute Gasteiger partial charge is 0.456 e. The molecule has 6 bridgehead atoms. The SMILES string of the molecule is Cc1ncc2n1Cc1ccc(C#N)c(c1)Oc1ccc3cccc(c3c1)N1CCC(NC2)C1=O. The van der Waals surface area contributed by atoms with Crippen molar-refractivity contribution in [2.75, 3.05) is 11.4 Å². The summed E-state index contributed by atoms with van der Waals surface area (Å²) in [4.78, 5) is 19.7. The third-order valence-corrected chi connectivity index (χ3v) is 6.73. The molecule has 0 radical (unpaired) electrons. The standard InChI is InChI=1S/C27H23N5O2/c1-17-29-14-21-15-30-24-9-10-31(27(24)33)25-4-2-3-19-7-8-22(12-23(19)25)34-26-11-18(16-32(17)21)5-6-20(26)13-28/h2-8,11-12,14,24,30H,9-10,15-16H2,1H3. The van der Waals surface area contributed by atoms with Crippen LogP contribution in [0.15, 0.2) is 60.8 Å². The number of nitriles is 1. The third-order valence-electron chi connectivity index (χ3n) is 6.73. The number of rotatable bonds is 0. The summed E-state index contributed by atoms with van der Waals surface area (Å²) in [7, 11) is 0. The minimum Gasteiger partial charge on any atom is -0.456 e. The lowest BCUT2D eigenvalue weighted by atomic mass is 10.1. The Morgan fingerprint density at radius 3 is 2.97 bits per heavy atom. The molecule has 168 valence electrons. The van der Waals surface area contributed by atoms with Gasteiger partial charge >= 0.3 is 0 Å². The molecule has 6 rings (SSSR count). The van der Waals surface area contributed by atoms with E-state index in [1.165, 1.54) is 0 Å². The molecule has 1 atom stereocenters. The first-order chi connectivity index (χ1) is 16.6. The van der Waals surface area contributed by atoms with E-state index in [1.807, 2.05) is 66.6 Å². The summed E-state index contributed by atoms with van der Waals surface area (Å²) in [5.41, 5.74) is 3.36. The van der Waals surface area contributed by atoms with Crippen molar-refractivity contribution in [3.63, 3.8) is 0 Å². The van der Waals surface area contributed by atoms with Gasteiger partial charge in [-0.2, -0.15) is 5.26 Å². The number of fused-ring (bicyclic) bond motifs is 7. The van der Waals surface area contributed by atoms with Crippen molar-refractivity contribution in [2.45, 2.75) is 32.5 Å². The van der Waals surface area contributed by atoms with Gasteiger partial charge in [0, 0.05) is 31.2 Å². The molecule has 2 aliphatic heterocycles. The summed E-state index contributed by atoms with van der Waals surface area (Å²) in [5, 5.41) is 15.1. The lowest BCUT2D eigenvalue weighted by Gasteiger charge is -2.20. The van der Waals surface area contributed by atoms with Crippen LogP contribution in [0.1, 0.15) is 29.1 Å². The van der Waals surface area contributed by atoms with Crippen LogP contribution in [-0.2, 0) is 17.9 Å². The smallest absolute Gasteiger partial charge is 0.244 e. The van der Waals surface area contributed by atoms with E-state index in [0.29, 0.717) is 36.7 Å². The Morgan fingerprint density at radius 1 is 1.18 bits per heavy atom. The van der Waals surface area contributed by atoms with E-state index in [9.17, 15) is 10.1 Å². The summed E-state index contributed by atoms with van der Waals surface area (Å²) in [6.07, 6.45) is 2.60. The number of carbonyl (C=O) groups is 1. The number of ether oxygens (including phenoxy) is 1. The summed E-state index contributed by atoms with van der Waals surface area (Å²) in [6.45, 7) is 3.76. The van der Waals surface area contributed by atoms with Crippen LogP contribution in [0.2, 0.25) is 0 Å². The molecule has 1 amide bonds. The van der Waals surface area contributed by atoms with Crippen molar-refractivity contribution < 1.29 is 9.53 Å². The maximum absolute atomic E-state index is 13.3. The van der Waals surface area contributed by atoms with Crippen molar-refractivity contribution in [1.29, 1.82) is 5.26 Å². The lowest BCUT2D eigenvalue weighted by Crippen LogP contribution is -2.38. The molecule has 3 heterocycles. The van der Waals surface area contributed by atoms with Crippen molar-refractivity contribution in [3.05, 3.63) is 83.4 Å². The Labute approximate surface area is 197 Å². The minimum absolute atomic E-state index is 0.0747. The van der Waals surface area contributed by atoms with E-state index in [4.69, 9.17) is 4.74 Å². The molecule has 3 aromatic carbocycles.